The number of fused-ring (bicyclic) bond motifs is 1. The minimum Gasteiger partial charge on any atom is -0.465 e. The maximum Gasteiger partial charge on any atom is 0.324 e. The maximum absolute atomic E-state index is 11.9. The van der Waals surface area contributed by atoms with E-state index in [1.807, 2.05) is 6.92 Å². The summed E-state index contributed by atoms with van der Waals surface area (Å²) in [5, 5.41) is 0. The number of ether oxygens (including phenoxy) is 2. The molecule has 2 rings (SSSR count). The fourth-order valence-electron chi connectivity index (χ4n) is 2.87. The van der Waals surface area contributed by atoms with E-state index in [0.29, 0.717) is 13.0 Å². The van der Waals surface area contributed by atoms with Gasteiger partial charge < -0.3 is 9.47 Å². The second-order valence-corrected chi connectivity index (χ2v) is 4.30. The zero-order valence-electron chi connectivity index (χ0n) is 9.12. The van der Waals surface area contributed by atoms with Crippen LogP contribution in [-0.2, 0) is 19.1 Å². The second kappa shape index (κ2) is 3.51. The molecule has 0 N–H and O–H groups in total. The van der Waals surface area contributed by atoms with Crippen molar-refractivity contribution in [3.05, 3.63) is 0 Å². The van der Waals surface area contributed by atoms with Gasteiger partial charge in [-0.05, 0) is 26.7 Å². The minimum atomic E-state index is -0.977. The number of hydrogen-bond acceptors (Lipinski definition) is 4. The lowest BCUT2D eigenvalue weighted by Crippen LogP contribution is -2.39. The minimum absolute atomic E-state index is 0.0176. The van der Waals surface area contributed by atoms with Gasteiger partial charge in [-0.1, -0.05) is 6.42 Å². The highest BCUT2D eigenvalue weighted by Crippen LogP contribution is 2.52. The first-order valence-electron chi connectivity index (χ1n) is 5.51. The van der Waals surface area contributed by atoms with Crippen LogP contribution in [0.5, 0.6) is 0 Å². The Bertz CT molecular complexity index is 299. The number of cyclic esters (lactones) is 1. The van der Waals surface area contributed by atoms with Crippen molar-refractivity contribution in [2.45, 2.75) is 39.2 Å². The fraction of sp³-hybridized carbons (Fsp3) is 0.818. The van der Waals surface area contributed by atoms with Crippen LogP contribution < -0.4 is 0 Å². The Morgan fingerprint density at radius 3 is 3.07 bits per heavy atom. The molecule has 0 aromatic rings. The highest BCUT2D eigenvalue weighted by Gasteiger charge is 2.64. The lowest BCUT2D eigenvalue weighted by Gasteiger charge is -2.22. The van der Waals surface area contributed by atoms with Crippen molar-refractivity contribution < 1.29 is 19.1 Å². The number of carbonyl (C=O) groups is 2. The summed E-state index contributed by atoms with van der Waals surface area (Å²) < 4.78 is 10.2. The van der Waals surface area contributed by atoms with Crippen molar-refractivity contribution >= 4 is 11.9 Å². The molecule has 0 radical (unpaired) electrons. The van der Waals surface area contributed by atoms with E-state index in [4.69, 9.17) is 9.47 Å². The van der Waals surface area contributed by atoms with Gasteiger partial charge in [-0.15, -0.1) is 0 Å². The molecule has 1 saturated carbocycles. The molecule has 4 nitrogen and oxygen atoms in total. The van der Waals surface area contributed by atoms with Crippen molar-refractivity contribution in [3.63, 3.8) is 0 Å². The molecule has 0 spiro atoms. The van der Waals surface area contributed by atoms with E-state index in [-0.39, 0.29) is 24.0 Å². The average molecular weight is 212 g/mol. The van der Waals surface area contributed by atoms with Crippen molar-refractivity contribution in [3.8, 4) is 0 Å². The lowest BCUT2D eigenvalue weighted by molar-refractivity contribution is -0.165. The monoisotopic (exact) mass is 212 g/mol. The van der Waals surface area contributed by atoms with E-state index in [9.17, 15) is 9.59 Å². The first-order chi connectivity index (χ1) is 7.13. The van der Waals surface area contributed by atoms with E-state index < -0.39 is 5.41 Å². The highest BCUT2D eigenvalue weighted by atomic mass is 16.6. The smallest absolute Gasteiger partial charge is 0.324 e. The topological polar surface area (TPSA) is 52.6 Å². The second-order valence-electron chi connectivity index (χ2n) is 4.30. The van der Waals surface area contributed by atoms with Gasteiger partial charge in [0.15, 0.2) is 5.41 Å². The van der Waals surface area contributed by atoms with Crippen LogP contribution in [0.4, 0.5) is 0 Å². The Hall–Kier alpha value is -1.06. The standard InChI is InChI=1S/C11H16O4/c1-3-14-9(12)11-6-4-5-8(11)7(2)15-10(11)13/h7-8H,3-6H2,1-2H3/t7?,8-,11-/m1/s1. The largest absolute Gasteiger partial charge is 0.465 e. The van der Waals surface area contributed by atoms with Crippen LogP contribution in [-0.4, -0.2) is 24.6 Å². The molecule has 2 aliphatic rings. The van der Waals surface area contributed by atoms with Crippen molar-refractivity contribution in [2.24, 2.45) is 11.3 Å². The third-order valence-electron chi connectivity index (χ3n) is 3.58. The van der Waals surface area contributed by atoms with Gasteiger partial charge in [0.25, 0.3) is 0 Å². The Labute approximate surface area is 88.9 Å². The van der Waals surface area contributed by atoms with Gasteiger partial charge in [-0.25, -0.2) is 0 Å². The zero-order chi connectivity index (χ0) is 11.1. The van der Waals surface area contributed by atoms with Crippen molar-refractivity contribution in [1.29, 1.82) is 0 Å². The quantitative estimate of drug-likeness (QED) is 0.511. The summed E-state index contributed by atoms with van der Waals surface area (Å²) in [5.74, 6) is -0.748. The number of rotatable bonds is 2. The molecule has 0 aromatic heterocycles. The van der Waals surface area contributed by atoms with Gasteiger partial charge in [0.1, 0.15) is 6.10 Å². The van der Waals surface area contributed by atoms with Gasteiger partial charge in [0.2, 0.25) is 0 Å². The first kappa shape index (κ1) is 10.5. The molecule has 15 heavy (non-hydrogen) atoms. The molecular weight excluding hydrogens is 196 g/mol. The summed E-state index contributed by atoms with van der Waals surface area (Å²) in [4.78, 5) is 23.7. The molecule has 1 aliphatic heterocycles. The van der Waals surface area contributed by atoms with Crippen LogP contribution in [0.25, 0.3) is 0 Å². The van der Waals surface area contributed by atoms with Crippen LogP contribution in [0.1, 0.15) is 33.1 Å². The molecule has 3 atom stereocenters. The van der Waals surface area contributed by atoms with Crippen LogP contribution in [0.15, 0.2) is 0 Å². The van der Waals surface area contributed by atoms with E-state index in [1.54, 1.807) is 6.92 Å². The normalized spacial score (nSPS) is 38.7. The van der Waals surface area contributed by atoms with Gasteiger partial charge in [0.05, 0.1) is 6.61 Å². The van der Waals surface area contributed by atoms with E-state index in [0.717, 1.165) is 12.8 Å². The van der Waals surface area contributed by atoms with Gasteiger partial charge in [-0.2, -0.15) is 0 Å². The Morgan fingerprint density at radius 2 is 2.40 bits per heavy atom. The molecule has 0 amide bonds. The molecule has 1 aliphatic carbocycles. The summed E-state index contributed by atoms with van der Waals surface area (Å²) in [6, 6.07) is 0. The Morgan fingerprint density at radius 1 is 1.67 bits per heavy atom. The van der Waals surface area contributed by atoms with E-state index in [2.05, 4.69) is 0 Å². The predicted molar refractivity (Wildman–Crippen MR) is 52.0 cm³/mol. The molecule has 84 valence electrons. The zero-order valence-corrected chi connectivity index (χ0v) is 9.12. The Balaban J connectivity index is 2.30. The maximum atomic E-state index is 11.9. The van der Waals surface area contributed by atoms with E-state index in [1.165, 1.54) is 0 Å². The van der Waals surface area contributed by atoms with Crippen molar-refractivity contribution in [1.82, 2.24) is 0 Å². The van der Waals surface area contributed by atoms with Crippen molar-refractivity contribution in [2.75, 3.05) is 6.61 Å². The third kappa shape index (κ3) is 1.27. The Kier molecular flexibility index (Phi) is 2.44. The summed E-state index contributed by atoms with van der Waals surface area (Å²) in [5.41, 5.74) is -0.977. The van der Waals surface area contributed by atoms with E-state index >= 15 is 0 Å². The summed E-state index contributed by atoms with van der Waals surface area (Å²) in [6.07, 6.45) is 2.22. The van der Waals surface area contributed by atoms with Gasteiger partial charge in [0, 0.05) is 5.92 Å². The van der Waals surface area contributed by atoms with Crippen LogP contribution in [0.2, 0.25) is 0 Å². The molecular formula is C11H16O4. The first-order valence-corrected chi connectivity index (χ1v) is 5.51. The summed E-state index contributed by atoms with van der Waals surface area (Å²) in [6.45, 7) is 3.92. The fourth-order valence-corrected chi connectivity index (χ4v) is 2.87. The molecule has 1 unspecified atom stereocenters. The molecule has 0 aromatic carbocycles. The molecule has 2 fully saturated rings. The number of carbonyl (C=O) groups excluding carboxylic acids is 2. The molecule has 4 heteroatoms. The summed E-state index contributed by atoms with van der Waals surface area (Å²) >= 11 is 0. The third-order valence-corrected chi connectivity index (χ3v) is 3.58. The van der Waals surface area contributed by atoms with Gasteiger partial charge >= 0.3 is 11.9 Å². The number of esters is 2. The van der Waals surface area contributed by atoms with Gasteiger partial charge in [-0.3, -0.25) is 9.59 Å². The molecule has 0 bridgehead atoms. The van der Waals surface area contributed by atoms with Crippen LogP contribution in [0, 0.1) is 11.3 Å². The molecule has 1 saturated heterocycles. The molecule has 1 heterocycles. The SMILES string of the molecule is CCOC(=O)[C@@]12CCC[C@@H]1C(C)OC2=O. The van der Waals surface area contributed by atoms with Crippen LogP contribution in [0.3, 0.4) is 0 Å². The number of hydrogen-bond donors (Lipinski definition) is 0. The predicted octanol–water partition coefficient (Wildman–Crippen LogP) is 1.28. The highest BCUT2D eigenvalue weighted by molar-refractivity contribution is 6.02. The summed E-state index contributed by atoms with van der Waals surface area (Å²) in [7, 11) is 0. The van der Waals surface area contributed by atoms with Crippen LogP contribution >= 0.6 is 0 Å². The lowest BCUT2D eigenvalue weighted by atomic mass is 9.78. The average Bonchev–Trinajstić information content (AvgIpc) is 2.70.